The number of carbonyl (C=O) groups excluding carboxylic acids is 1. The van der Waals surface area contributed by atoms with E-state index in [1.165, 1.54) is 11.6 Å². The molecule has 1 aromatic heterocycles. The highest BCUT2D eigenvalue weighted by molar-refractivity contribution is 5.93. The number of rotatable bonds is 6. The van der Waals surface area contributed by atoms with E-state index in [1.54, 1.807) is 23.9 Å². The van der Waals surface area contributed by atoms with E-state index >= 15 is 0 Å². The number of hydrogen-bond acceptors (Lipinski definition) is 6. The molecule has 174 valence electrons. The highest BCUT2D eigenvalue weighted by atomic mass is 16.3. The molecule has 2 heterocycles. The summed E-state index contributed by atoms with van der Waals surface area (Å²) in [4.78, 5) is 21.6. The number of imidazole rings is 1. The van der Waals surface area contributed by atoms with E-state index in [0.717, 1.165) is 38.4 Å². The summed E-state index contributed by atoms with van der Waals surface area (Å²) >= 11 is 0. The van der Waals surface area contributed by atoms with E-state index in [0.29, 0.717) is 23.4 Å². The van der Waals surface area contributed by atoms with Crippen molar-refractivity contribution in [3.63, 3.8) is 0 Å². The smallest absolute Gasteiger partial charge is 0.271 e. The van der Waals surface area contributed by atoms with Crippen LogP contribution in [0.15, 0.2) is 42.6 Å². The second-order valence-corrected chi connectivity index (χ2v) is 8.50. The fourth-order valence-electron chi connectivity index (χ4n) is 4.12. The molecule has 2 aromatic carbocycles. The molecule has 8 heteroatoms. The Labute approximate surface area is 194 Å². The average Bonchev–Trinajstić information content (AvgIpc) is 3.26. The minimum atomic E-state index is -0.310. The predicted octanol–water partition coefficient (Wildman–Crippen LogP) is 2.62. The third kappa shape index (κ3) is 4.86. The van der Waals surface area contributed by atoms with Crippen LogP contribution >= 0.6 is 0 Å². The quantitative estimate of drug-likeness (QED) is 0.536. The van der Waals surface area contributed by atoms with Gasteiger partial charge in [0.25, 0.3) is 5.91 Å². The van der Waals surface area contributed by atoms with Gasteiger partial charge in [0.2, 0.25) is 0 Å². The zero-order valence-electron chi connectivity index (χ0n) is 19.4. The topological polar surface area (TPSA) is 93.9 Å². The number of nitrogens with one attached hydrogen (secondary N) is 1. The molecular weight excluding hydrogens is 418 g/mol. The minimum absolute atomic E-state index is 0.0386. The molecule has 0 saturated carbocycles. The first kappa shape index (κ1) is 22.8. The van der Waals surface area contributed by atoms with Gasteiger partial charge in [-0.05, 0) is 42.8 Å². The first-order valence-electron chi connectivity index (χ1n) is 11.3. The summed E-state index contributed by atoms with van der Waals surface area (Å²) < 4.78 is 1.80. The molecule has 1 saturated heterocycles. The third-order valence-electron chi connectivity index (χ3n) is 6.20. The van der Waals surface area contributed by atoms with Crippen LogP contribution in [0, 0.1) is 0 Å². The van der Waals surface area contributed by atoms with Crippen LogP contribution in [0.25, 0.3) is 17.1 Å². The van der Waals surface area contributed by atoms with Gasteiger partial charge in [-0.15, -0.1) is 0 Å². The lowest BCUT2D eigenvalue weighted by Crippen LogP contribution is -2.43. The number of piperazine rings is 1. The number of hydrogen-bond donors (Lipinski definition) is 3. The molecule has 4 rings (SSSR count). The van der Waals surface area contributed by atoms with E-state index < -0.39 is 0 Å². The summed E-state index contributed by atoms with van der Waals surface area (Å²) in [5, 5.41) is 23.3. The lowest BCUT2D eigenvalue weighted by Gasteiger charge is -2.32. The van der Waals surface area contributed by atoms with Gasteiger partial charge in [-0.3, -0.25) is 14.3 Å². The molecule has 8 nitrogen and oxygen atoms in total. The van der Waals surface area contributed by atoms with Crippen molar-refractivity contribution >= 4 is 5.91 Å². The van der Waals surface area contributed by atoms with E-state index in [9.17, 15) is 15.0 Å². The molecule has 33 heavy (non-hydrogen) atoms. The Hall–Kier alpha value is -3.36. The molecule has 0 spiro atoms. The Bertz CT molecular complexity index is 1130. The lowest BCUT2D eigenvalue weighted by molar-refractivity contribution is 0.0958. The molecule has 0 atom stereocenters. The molecule has 0 bridgehead atoms. The van der Waals surface area contributed by atoms with Crippen molar-refractivity contribution in [1.29, 1.82) is 0 Å². The number of likely N-dealkylation sites (N-methyl/N-ethyl adjacent to an activating group) is 1. The number of nitrogens with zero attached hydrogens (tertiary/aromatic N) is 4. The molecule has 3 N–H and O–H groups in total. The summed E-state index contributed by atoms with van der Waals surface area (Å²) in [6.45, 7) is 7.09. The second kappa shape index (κ2) is 9.64. The summed E-state index contributed by atoms with van der Waals surface area (Å²) in [6, 6.07) is 11.2. The molecule has 1 fully saturated rings. The SMILES string of the molecule is CCc1cc(-c2nc(C(=O)NC)cn2-c2ccc(CN3CCN(C)CC3)cc2)c(O)cc1O. The van der Waals surface area contributed by atoms with E-state index in [2.05, 4.69) is 39.3 Å². The van der Waals surface area contributed by atoms with Crippen molar-refractivity contribution in [2.75, 3.05) is 40.3 Å². The number of phenolic OH excluding ortho intramolecular Hbond substituents is 2. The van der Waals surface area contributed by atoms with Crippen LogP contribution in [0.4, 0.5) is 0 Å². The van der Waals surface area contributed by atoms with Gasteiger partial charge in [0, 0.05) is 57.7 Å². The van der Waals surface area contributed by atoms with Crippen molar-refractivity contribution in [1.82, 2.24) is 24.7 Å². The van der Waals surface area contributed by atoms with Gasteiger partial charge >= 0.3 is 0 Å². The first-order valence-corrected chi connectivity index (χ1v) is 11.3. The predicted molar refractivity (Wildman–Crippen MR) is 128 cm³/mol. The maximum Gasteiger partial charge on any atom is 0.271 e. The van der Waals surface area contributed by atoms with Gasteiger partial charge in [0.1, 0.15) is 23.0 Å². The molecule has 0 radical (unpaired) electrons. The highest BCUT2D eigenvalue weighted by Gasteiger charge is 2.20. The first-order chi connectivity index (χ1) is 15.9. The minimum Gasteiger partial charge on any atom is -0.508 e. The summed E-state index contributed by atoms with van der Waals surface area (Å²) in [5.74, 6) is 0.0756. The second-order valence-electron chi connectivity index (χ2n) is 8.50. The monoisotopic (exact) mass is 449 g/mol. The largest absolute Gasteiger partial charge is 0.508 e. The normalized spacial score (nSPS) is 15.0. The number of aromatic nitrogens is 2. The summed E-state index contributed by atoms with van der Waals surface area (Å²) in [5.41, 5.74) is 3.46. The molecule has 1 amide bonds. The van der Waals surface area contributed by atoms with Crippen molar-refractivity contribution in [2.24, 2.45) is 0 Å². The molecular formula is C25H31N5O3. The number of phenols is 2. The number of carbonyl (C=O) groups is 1. The van der Waals surface area contributed by atoms with Gasteiger partial charge in [-0.2, -0.15) is 0 Å². The van der Waals surface area contributed by atoms with Gasteiger partial charge < -0.3 is 20.4 Å². The highest BCUT2D eigenvalue weighted by Crippen LogP contribution is 2.36. The lowest BCUT2D eigenvalue weighted by atomic mass is 10.1. The van der Waals surface area contributed by atoms with Gasteiger partial charge in [0.05, 0.1) is 5.56 Å². The van der Waals surface area contributed by atoms with Crippen molar-refractivity contribution < 1.29 is 15.0 Å². The maximum absolute atomic E-state index is 12.3. The fraction of sp³-hybridized carbons (Fsp3) is 0.360. The van der Waals surface area contributed by atoms with Crippen molar-refractivity contribution in [3.05, 3.63) is 59.4 Å². The zero-order chi connectivity index (χ0) is 23.5. The Morgan fingerprint density at radius 2 is 1.76 bits per heavy atom. The maximum atomic E-state index is 12.3. The molecule has 1 aliphatic heterocycles. The number of benzene rings is 2. The Kier molecular flexibility index (Phi) is 6.67. The molecule has 0 aliphatic carbocycles. The van der Waals surface area contributed by atoms with Crippen LogP contribution in [-0.2, 0) is 13.0 Å². The van der Waals surface area contributed by atoms with Crippen LogP contribution in [-0.4, -0.2) is 75.7 Å². The number of aryl methyl sites for hydroxylation is 1. The summed E-state index contributed by atoms with van der Waals surface area (Å²) in [6.07, 6.45) is 2.27. The Morgan fingerprint density at radius 3 is 2.39 bits per heavy atom. The van der Waals surface area contributed by atoms with E-state index in [-0.39, 0.29) is 23.1 Å². The fourth-order valence-corrected chi connectivity index (χ4v) is 4.12. The van der Waals surface area contributed by atoms with Crippen LogP contribution < -0.4 is 5.32 Å². The molecule has 0 unspecified atom stereocenters. The van der Waals surface area contributed by atoms with Gasteiger partial charge in [-0.25, -0.2) is 4.98 Å². The summed E-state index contributed by atoms with van der Waals surface area (Å²) in [7, 11) is 3.71. The third-order valence-corrected chi connectivity index (χ3v) is 6.20. The van der Waals surface area contributed by atoms with Crippen LogP contribution in [0.5, 0.6) is 11.5 Å². The van der Waals surface area contributed by atoms with Crippen molar-refractivity contribution in [2.45, 2.75) is 19.9 Å². The van der Waals surface area contributed by atoms with Crippen LogP contribution in [0.2, 0.25) is 0 Å². The number of amides is 1. The van der Waals surface area contributed by atoms with Crippen LogP contribution in [0.1, 0.15) is 28.5 Å². The molecule has 1 aliphatic rings. The Morgan fingerprint density at radius 1 is 1.06 bits per heavy atom. The van der Waals surface area contributed by atoms with Crippen molar-refractivity contribution in [3.8, 4) is 28.6 Å². The van der Waals surface area contributed by atoms with Crippen LogP contribution in [0.3, 0.4) is 0 Å². The van der Waals surface area contributed by atoms with Gasteiger partial charge in [-0.1, -0.05) is 19.1 Å². The average molecular weight is 450 g/mol. The Balaban J connectivity index is 1.69. The molecule has 3 aromatic rings. The number of aromatic hydroxyl groups is 2. The van der Waals surface area contributed by atoms with Gasteiger partial charge in [0.15, 0.2) is 0 Å². The van der Waals surface area contributed by atoms with E-state index in [1.807, 2.05) is 19.1 Å². The van der Waals surface area contributed by atoms with E-state index in [4.69, 9.17) is 0 Å². The standard InChI is InChI=1S/C25H31N5O3/c1-4-18-13-20(23(32)14-22(18)31)24-27-21(25(33)26-2)16-30(24)19-7-5-17(6-8-19)15-29-11-9-28(3)10-12-29/h5-8,13-14,16,31-32H,4,9-12,15H2,1-3H3,(H,26,33). The zero-order valence-corrected chi connectivity index (χ0v) is 19.4.